The normalized spacial score (nSPS) is 12.5. The largest absolute Gasteiger partial charge is 0.349 e. The highest BCUT2D eigenvalue weighted by Crippen LogP contribution is 2.13. The van der Waals surface area contributed by atoms with Gasteiger partial charge in [-0.3, -0.25) is 4.79 Å². The van der Waals surface area contributed by atoms with Gasteiger partial charge in [-0.1, -0.05) is 38.8 Å². The minimum Gasteiger partial charge on any atom is -0.349 e. The Bertz CT molecular complexity index is 371. The zero-order chi connectivity index (χ0) is 13.5. The lowest BCUT2D eigenvalue weighted by Gasteiger charge is -2.22. The van der Waals surface area contributed by atoms with E-state index >= 15 is 0 Å². The molecule has 3 heteroatoms. The Morgan fingerprint density at radius 3 is 2.22 bits per heavy atom. The number of hydrogen-bond donors (Lipinski definition) is 1. The molecule has 0 bridgehead atoms. The van der Waals surface area contributed by atoms with Crippen LogP contribution < -0.4 is 5.32 Å². The zero-order valence-corrected chi connectivity index (χ0v) is 12.1. The molecule has 0 aliphatic carbocycles. The molecule has 0 radical (unpaired) electrons. The first kappa shape index (κ1) is 15.0. The predicted octanol–water partition coefficient (Wildman–Crippen LogP) is 3.98. The number of rotatable bonds is 6. The van der Waals surface area contributed by atoms with Crippen molar-refractivity contribution in [3.8, 4) is 0 Å². The van der Waals surface area contributed by atoms with Gasteiger partial charge in [-0.25, -0.2) is 0 Å². The minimum atomic E-state index is -0.00415. The second kappa shape index (κ2) is 7.42. The molecule has 18 heavy (non-hydrogen) atoms. The molecule has 0 aliphatic rings. The molecule has 0 saturated heterocycles. The number of benzene rings is 1. The van der Waals surface area contributed by atoms with Gasteiger partial charge < -0.3 is 5.32 Å². The molecule has 1 N–H and O–H groups in total. The maximum absolute atomic E-state index is 12.0. The topological polar surface area (TPSA) is 29.1 Å². The van der Waals surface area contributed by atoms with Crippen molar-refractivity contribution < 1.29 is 4.79 Å². The van der Waals surface area contributed by atoms with Crippen LogP contribution >= 0.6 is 11.6 Å². The fourth-order valence-corrected chi connectivity index (χ4v) is 2.33. The zero-order valence-electron chi connectivity index (χ0n) is 11.4. The van der Waals surface area contributed by atoms with Gasteiger partial charge in [-0.05, 0) is 30.5 Å². The number of carbonyl (C=O) groups excluding carboxylic acids is 1. The fourth-order valence-electron chi connectivity index (χ4n) is 2.15. The number of hydrogen-bond acceptors (Lipinski definition) is 1. The predicted molar refractivity (Wildman–Crippen MR) is 77.0 cm³/mol. The van der Waals surface area contributed by atoms with Gasteiger partial charge in [-0.2, -0.15) is 0 Å². The Morgan fingerprint density at radius 2 is 1.78 bits per heavy atom. The van der Waals surface area contributed by atoms with Gasteiger partial charge in [0.15, 0.2) is 0 Å². The summed E-state index contributed by atoms with van der Waals surface area (Å²) in [5, 5.41) is 3.06. The highest BCUT2D eigenvalue weighted by molar-refractivity contribution is 6.17. The molecule has 0 aromatic heterocycles. The standard InChI is InChI=1S/C15H22ClNO/c1-4-13(5-2)11(3)17-15(18)14-8-6-12(10-16)7-9-14/h6-9,11,13H,4-5,10H2,1-3H3,(H,17,18). The summed E-state index contributed by atoms with van der Waals surface area (Å²) in [6.45, 7) is 6.39. The summed E-state index contributed by atoms with van der Waals surface area (Å²) in [7, 11) is 0. The molecule has 2 nitrogen and oxygen atoms in total. The first-order chi connectivity index (χ1) is 8.62. The van der Waals surface area contributed by atoms with E-state index in [-0.39, 0.29) is 11.9 Å². The number of carbonyl (C=O) groups is 1. The second-order valence-corrected chi connectivity index (χ2v) is 4.94. The molecule has 0 spiro atoms. The average molecular weight is 268 g/mol. The molecule has 1 unspecified atom stereocenters. The fraction of sp³-hybridized carbons (Fsp3) is 0.533. The molecule has 0 fully saturated rings. The SMILES string of the molecule is CCC(CC)C(C)NC(=O)c1ccc(CCl)cc1. The first-order valence-corrected chi connectivity index (χ1v) is 7.11. The number of nitrogens with one attached hydrogen (secondary N) is 1. The van der Waals surface area contributed by atoms with Gasteiger partial charge in [0, 0.05) is 17.5 Å². The molecular weight excluding hydrogens is 246 g/mol. The van der Waals surface area contributed by atoms with Crippen molar-refractivity contribution in [3.05, 3.63) is 35.4 Å². The number of amides is 1. The van der Waals surface area contributed by atoms with Gasteiger partial charge in [0.1, 0.15) is 0 Å². The van der Waals surface area contributed by atoms with Crippen LogP contribution in [0, 0.1) is 5.92 Å². The lowest BCUT2D eigenvalue weighted by molar-refractivity contribution is 0.0925. The van der Waals surface area contributed by atoms with Crippen LogP contribution in [-0.2, 0) is 5.88 Å². The van der Waals surface area contributed by atoms with Crippen LogP contribution in [0.3, 0.4) is 0 Å². The molecule has 1 atom stereocenters. The minimum absolute atomic E-state index is 0.00415. The van der Waals surface area contributed by atoms with Gasteiger partial charge in [0.2, 0.25) is 0 Å². The molecule has 0 aliphatic heterocycles. The first-order valence-electron chi connectivity index (χ1n) is 6.58. The Labute approximate surface area is 115 Å². The maximum atomic E-state index is 12.0. The van der Waals surface area contributed by atoms with Crippen molar-refractivity contribution in [2.24, 2.45) is 5.92 Å². The highest BCUT2D eigenvalue weighted by atomic mass is 35.5. The maximum Gasteiger partial charge on any atom is 0.251 e. The van der Waals surface area contributed by atoms with E-state index in [1.807, 2.05) is 24.3 Å². The molecule has 0 heterocycles. The van der Waals surface area contributed by atoms with Crippen molar-refractivity contribution in [3.63, 3.8) is 0 Å². The summed E-state index contributed by atoms with van der Waals surface area (Å²) >= 11 is 5.72. The third kappa shape index (κ3) is 4.02. The van der Waals surface area contributed by atoms with Gasteiger partial charge >= 0.3 is 0 Å². The summed E-state index contributed by atoms with van der Waals surface area (Å²) in [5.74, 6) is 1.01. The van der Waals surface area contributed by atoms with Crippen molar-refractivity contribution >= 4 is 17.5 Å². The van der Waals surface area contributed by atoms with E-state index in [1.165, 1.54) is 0 Å². The monoisotopic (exact) mass is 267 g/mol. The van der Waals surface area contributed by atoms with Crippen molar-refractivity contribution in [1.29, 1.82) is 0 Å². The van der Waals surface area contributed by atoms with Crippen LogP contribution in [0.5, 0.6) is 0 Å². The Hall–Kier alpha value is -1.02. The van der Waals surface area contributed by atoms with Gasteiger partial charge in [-0.15, -0.1) is 11.6 Å². The number of halogens is 1. The van der Waals surface area contributed by atoms with Crippen LogP contribution in [0.2, 0.25) is 0 Å². The average Bonchev–Trinajstić information content (AvgIpc) is 2.40. The second-order valence-electron chi connectivity index (χ2n) is 4.67. The summed E-state index contributed by atoms with van der Waals surface area (Å²) in [6.07, 6.45) is 2.17. The lowest BCUT2D eigenvalue weighted by Crippen LogP contribution is -2.37. The van der Waals surface area contributed by atoms with E-state index in [9.17, 15) is 4.79 Å². The van der Waals surface area contributed by atoms with Crippen LogP contribution in [0.25, 0.3) is 0 Å². The quantitative estimate of drug-likeness (QED) is 0.776. The molecule has 1 aromatic rings. The number of alkyl halides is 1. The van der Waals surface area contributed by atoms with Crippen LogP contribution in [-0.4, -0.2) is 11.9 Å². The lowest BCUT2D eigenvalue weighted by atomic mass is 9.95. The molecule has 1 aromatic carbocycles. The van der Waals surface area contributed by atoms with Crippen LogP contribution in [0.1, 0.15) is 49.5 Å². The van der Waals surface area contributed by atoms with E-state index in [0.717, 1.165) is 18.4 Å². The molecule has 1 amide bonds. The third-order valence-corrected chi connectivity index (χ3v) is 3.79. The third-order valence-electron chi connectivity index (χ3n) is 3.49. The molecule has 0 saturated carbocycles. The molecule has 1 rings (SSSR count). The Morgan fingerprint density at radius 1 is 1.22 bits per heavy atom. The van der Waals surface area contributed by atoms with E-state index in [4.69, 9.17) is 11.6 Å². The summed E-state index contributed by atoms with van der Waals surface area (Å²) < 4.78 is 0. The van der Waals surface area contributed by atoms with E-state index in [2.05, 4.69) is 26.1 Å². The van der Waals surface area contributed by atoms with Gasteiger partial charge in [0.05, 0.1) is 0 Å². The van der Waals surface area contributed by atoms with E-state index in [0.29, 0.717) is 17.4 Å². The summed E-state index contributed by atoms with van der Waals surface area (Å²) in [6, 6.07) is 7.65. The summed E-state index contributed by atoms with van der Waals surface area (Å²) in [4.78, 5) is 12.0. The Balaban J connectivity index is 2.64. The van der Waals surface area contributed by atoms with E-state index in [1.54, 1.807) is 0 Å². The smallest absolute Gasteiger partial charge is 0.251 e. The molecular formula is C15H22ClNO. The van der Waals surface area contributed by atoms with Crippen molar-refractivity contribution in [1.82, 2.24) is 5.32 Å². The Kier molecular flexibility index (Phi) is 6.20. The van der Waals surface area contributed by atoms with Crippen molar-refractivity contribution in [2.45, 2.75) is 45.5 Å². The summed E-state index contributed by atoms with van der Waals surface area (Å²) in [5.41, 5.74) is 1.72. The van der Waals surface area contributed by atoms with Crippen LogP contribution in [0.15, 0.2) is 24.3 Å². The van der Waals surface area contributed by atoms with Crippen molar-refractivity contribution in [2.75, 3.05) is 0 Å². The highest BCUT2D eigenvalue weighted by Gasteiger charge is 2.16. The van der Waals surface area contributed by atoms with Crippen LogP contribution in [0.4, 0.5) is 0 Å². The van der Waals surface area contributed by atoms with Gasteiger partial charge in [0.25, 0.3) is 5.91 Å². The molecule has 100 valence electrons. The van der Waals surface area contributed by atoms with E-state index < -0.39 is 0 Å².